The first-order chi connectivity index (χ1) is 8.95. The van der Waals surface area contributed by atoms with E-state index in [-0.39, 0.29) is 5.56 Å². The summed E-state index contributed by atoms with van der Waals surface area (Å²) in [6, 6.07) is 5.80. The van der Waals surface area contributed by atoms with Gasteiger partial charge in [-0.05, 0) is 24.3 Å². The van der Waals surface area contributed by atoms with Gasteiger partial charge in [-0.3, -0.25) is 4.98 Å². The van der Waals surface area contributed by atoms with Crippen LogP contribution >= 0.6 is 0 Å². The molecule has 0 unspecified atom stereocenters. The minimum Gasteiger partial charge on any atom is -0.260 e. The van der Waals surface area contributed by atoms with Crippen molar-refractivity contribution < 1.29 is 17.6 Å². The molecule has 1 nitrogen and oxygen atoms in total. The van der Waals surface area contributed by atoms with Crippen LogP contribution in [0.25, 0.3) is 0 Å². The van der Waals surface area contributed by atoms with Crippen molar-refractivity contribution in [2.75, 3.05) is 0 Å². The maximum absolute atomic E-state index is 12.8. The maximum Gasteiger partial charge on any atom is 0.416 e. The highest BCUT2D eigenvalue weighted by molar-refractivity contribution is 5.43. The first-order valence-corrected chi connectivity index (χ1v) is 5.25. The molecule has 19 heavy (non-hydrogen) atoms. The third kappa shape index (κ3) is 3.55. The highest BCUT2D eigenvalue weighted by atomic mass is 19.4. The average molecular weight is 265 g/mol. The van der Waals surface area contributed by atoms with E-state index in [2.05, 4.69) is 16.8 Å². The smallest absolute Gasteiger partial charge is 0.260 e. The molecule has 1 aromatic heterocycles. The minimum atomic E-state index is -4.40. The molecule has 0 aliphatic rings. The number of alkyl halides is 3. The van der Waals surface area contributed by atoms with E-state index >= 15 is 0 Å². The second-order valence-corrected chi connectivity index (χ2v) is 3.72. The zero-order valence-electron chi connectivity index (χ0n) is 9.50. The van der Waals surface area contributed by atoms with Crippen molar-refractivity contribution in [1.29, 1.82) is 0 Å². The van der Waals surface area contributed by atoms with E-state index in [1.54, 1.807) is 0 Å². The van der Waals surface area contributed by atoms with Crippen molar-refractivity contribution in [2.24, 2.45) is 0 Å². The Balaban J connectivity index is 2.30. The lowest BCUT2D eigenvalue weighted by atomic mass is 10.1. The van der Waals surface area contributed by atoms with Crippen molar-refractivity contribution in [2.45, 2.75) is 6.18 Å². The van der Waals surface area contributed by atoms with Gasteiger partial charge in [0.2, 0.25) is 0 Å². The van der Waals surface area contributed by atoms with Crippen LogP contribution in [0.4, 0.5) is 17.6 Å². The van der Waals surface area contributed by atoms with Gasteiger partial charge in [-0.2, -0.15) is 13.2 Å². The lowest BCUT2D eigenvalue weighted by Gasteiger charge is -2.05. The van der Waals surface area contributed by atoms with Crippen LogP contribution < -0.4 is 0 Å². The summed E-state index contributed by atoms with van der Waals surface area (Å²) in [5.41, 5.74) is -0.256. The summed E-state index contributed by atoms with van der Waals surface area (Å²) in [4.78, 5) is 3.60. The van der Waals surface area contributed by atoms with Crippen LogP contribution in [0.1, 0.15) is 16.7 Å². The number of pyridine rings is 1. The van der Waals surface area contributed by atoms with Crippen molar-refractivity contribution in [3.8, 4) is 11.8 Å². The molecule has 1 heterocycles. The van der Waals surface area contributed by atoms with Crippen molar-refractivity contribution in [3.05, 3.63) is 65.2 Å². The molecule has 0 atom stereocenters. The number of hydrogen-bond acceptors (Lipinski definition) is 1. The molecule has 1 aromatic carbocycles. The van der Waals surface area contributed by atoms with Crippen LogP contribution in [-0.4, -0.2) is 4.98 Å². The molecule has 0 fully saturated rings. The molecule has 96 valence electrons. The Morgan fingerprint density at radius 3 is 2.37 bits per heavy atom. The van der Waals surface area contributed by atoms with Gasteiger partial charge in [0.1, 0.15) is 5.82 Å². The fraction of sp³-hybridized carbons (Fsp3) is 0.0714. The number of rotatable bonds is 0. The van der Waals surface area contributed by atoms with Crippen LogP contribution in [0.5, 0.6) is 0 Å². The van der Waals surface area contributed by atoms with Gasteiger partial charge in [0, 0.05) is 17.3 Å². The van der Waals surface area contributed by atoms with Gasteiger partial charge in [-0.25, -0.2) is 4.39 Å². The Labute approximate surface area is 106 Å². The molecule has 0 spiro atoms. The molecule has 0 N–H and O–H groups in total. The van der Waals surface area contributed by atoms with Crippen LogP contribution in [0.15, 0.2) is 42.7 Å². The van der Waals surface area contributed by atoms with Crippen molar-refractivity contribution in [3.63, 3.8) is 0 Å². The Bertz CT molecular complexity index is 650. The van der Waals surface area contributed by atoms with Gasteiger partial charge < -0.3 is 0 Å². The summed E-state index contributed by atoms with van der Waals surface area (Å²) in [5.74, 6) is 4.56. The van der Waals surface area contributed by atoms with Gasteiger partial charge in [-0.15, -0.1) is 0 Å². The molecule has 0 amide bonds. The Kier molecular flexibility index (Phi) is 3.52. The monoisotopic (exact) mass is 265 g/mol. The predicted octanol–water partition coefficient (Wildman–Crippen LogP) is 3.64. The molecule has 5 heteroatoms. The molecule has 0 saturated carbocycles. The van der Waals surface area contributed by atoms with Crippen LogP contribution in [0.3, 0.4) is 0 Å². The molecular weight excluding hydrogens is 258 g/mol. The molecule has 2 rings (SSSR count). The molecule has 0 radical (unpaired) electrons. The van der Waals surface area contributed by atoms with E-state index in [0.29, 0.717) is 5.56 Å². The van der Waals surface area contributed by atoms with Gasteiger partial charge in [0.05, 0.1) is 11.8 Å². The van der Waals surface area contributed by atoms with E-state index in [1.165, 1.54) is 18.3 Å². The molecule has 0 aliphatic heterocycles. The fourth-order valence-electron chi connectivity index (χ4n) is 1.40. The van der Waals surface area contributed by atoms with E-state index in [1.807, 2.05) is 0 Å². The van der Waals surface area contributed by atoms with E-state index in [0.717, 1.165) is 24.4 Å². The number of nitrogens with zero attached hydrogens (tertiary/aromatic N) is 1. The number of hydrogen-bond donors (Lipinski definition) is 0. The maximum atomic E-state index is 12.8. The van der Waals surface area contributed by atoms with Crippen molar-refractivity contribution in [1.82, 2.24) is 4.98 Å². The Hall–Kier alpha value is -2.35. The molecule has 2 aromatic rings. The second-order valence-electron chi connectivity index (χ2n) is 3.72. The summed E-state index contributed by atoms with van der Waals surface area (Å²) in [6.07, 6.45) is -2.04. The lowest BCUT2D eigenvalue weighted by molar-refractivity contribution is -0.137. The van der Waals surface area contributed by atoms with Crippen molar-refractivity contribution >= 4 is 0 Å². The highest BCUT2D eigenvalue weighted by Gasteiger charge is 2.30. The Morgan fingerprint density at radius 1 is 0.947 bits per heavy atom. The van der Waals surface area contributed by atoms with Crippen LogP contribution in [0, 0.1) is 17.7 Å². The predicted molar refractivity (Wildman–Crippen MR) is 61.6 cm³/mol. The zero-order chi connectivity index (χ0) is 13.9. The number of benzene rings is 1. The first kappa shape index (κ1) is 13.1. The molecule has 0 saturated heterocycles. The number of halogens is 4. The minimum absolute atomic E-state index is 0.207. The fourth-order valence-corrected chi connectivity index (χ4v) is 1.40. The standard InChI is InChI=1S/C14H7F4N/c15-13-7-11(8-19-9-13)5-4-10-2-1-3-12(6-10)14(16,17)18/h1-3,6-9H. The molecule has 0 aliphatic carbocycles. The summed E-state index contributed by atoms with van der Waals surface area (Å²) in [6.45, 7) is 0. The third-order valence-corrected chi connectivity index (χ3v) is 2.25. The molecule has 0 bridgehead atoms. The average Bonchev–Trinajstić information content (AvgIpc) is 2.36. The topological polar surface area (TPSA) is 12.9 Å². The first-order valence-electron chi connectivity index (χ1n) is 5.25. The summed E-state index contributed by atoms with van der Waals surface area (Å²) < 4.78 is 50.3. The van der Waals surface area contributed by atoms with Gasteiger partial charge >= 0.3 is 6.18 Å². The van der Waals surface area contributed by atoms with E-state index in [4.69, 9.17) is 0 Å². The third-order valence-electron chi connectivity index (χ3n) is 2.25. The summed E-state index contributed by atoms with van der Waals surface area (Å²) >= 11 is 0. The SMILES string of the molecule is Fc1cncc(C#Cc2cccc(C(F)(F)F)c2)c1. The lowest BCUT2D eigenvalue weighted by Crippen LogP contribution is -2.04. The molecular formula is C14H7F4N. The van der Waals surface area contributed by atoms with Gasteiger partial charge in [0.25, 0.3) is 0 Å². The summed E-state index contributed by atoms with van der Waals surface area (Å²) in [5, 5.41) is 0. The normalized spacial score (nSPS) is 10.7. The largest absolute Gasteiger partial charge is 0.416 e. The van der Waals surface area contributed by atoms with E-state index < -0.39 is 17.6 Å². The van der Waals surface area contributed by atoms with Crippen LogP contribution in [-0.2, 0) is 6.18 Å². The van der Waals surface area contributed by atoms with Gasteiger partial charge in [0.15, 0.2) is 0 Å². The zero-order valence-corrected chi connectivity index (χ0v) is 9.50. The quantitative estimate of drug-likeness (QED) is 0.523. The summed E-state index contributed by atoms with van der Waals surface area (Å²) in [7, 11) is 0. The Morgan fingerprint density at radius 2 is 1.68 bits per heavy atom. The van der Waals surface area contributed by atoms with Crippen LogP contribution in [0.2, 0.25) is 0 Å². The second kappa shape index (κ2) is 5.11. The highest BCUT2D eigenvalue weighted by Crippen LogP contribution is 2.29. The van der Waals surface area contributed by atoms with Gasteiger partial charge in [-0.1, -0.05) is 17.9 Å². The van der Waals surface area contributed by atoms with E-state index in [9.17, 15) is 17.6 Å². The number of aromatic nitrogens is 1.